The molecule has 10 nitrogen and oxygen atoms in total. The smallest absolute Gasteiger partial charge is 0.344 e. The SMILES string of the molecule is CCOc1cc(CO)c(C(=O)Oc2ccc(C#Cc3ccc(OC(=O)c4cc(CO)c(CO)cc4CO)cc3)cc2)cc1OC. The highest BCUT2D eigenvalue weighted by Gasteiger charge is 2.19. The van der Waals surface area contributed by atoms with Crippen molar-refractivity contribution in [2.75, 3.05) is 13.7 Å². The number of carbonyl (C=O) groups excluding carboxylic acids is 2. The zero-order valence-electron chi connectivity index (χ0n) is 24.7. The minimum atomic E-state index is -0.716. The minimum Gasteiger partial charge on any atom is -0.493 e. The Morgan fingerprint density at radius 1 is 0.600 bits per heavy atom. The highest BCUT2D eigenvalue weighted by Crippen LogP contribution is 2.32. The summed E-state index contributed by atoms with van der Waals surface area (Å²) in [6.07, 6.45) is 0. The zero-order valence-corrected chi connectivity index (χ0v) is 24.7. The van der Waals surface area contributed by atoms with Crippen LogP contribution in [-0.4, -0.2) is 46.1 Å². The van der Waals surface area contributed by atoms with Crippen LogP contribution in [0.15, 0.2) is 72.8 Å². The first-order valence-corrected chi connectivity index (χ1v) is 13.9. The van der Waals surface area contributed by atoms with Crippen LogP contribution in [-0.2, 0) is 26.4 Å². The first-order valence-electron chi connectivity index (χ1n) is 13.9. The van der Waals surface area contributed by atoms with Gasteiger partial charge in [-0.2, -0.15) is 0 Å². The van der Waals surface area contributed by atoms with E-state index >= 15 is 0 Å². The predicted molar refractivity (Wildman–Crippen MR) is 163 cm³/mol. The van der Waals surface area contributed by atoms with E-state index in [4.69, 9.17) is 18.9 Å². The van der Waals surface area contributed by atoms with E-state index in [2.05, 4.69) is 11.8 Å². The van der Waals surface area contributed by atoms with Crippen molar-refractivity contribution in [2.45, 2.75) is 33.4 Å². The molecule has 0 amide bonds. The van der Waals surface area contributed by atoms with Gasteiger partial charge in [0.1, 0.15) is 11.5 Å². The average molecular weight is 613 g/mol. The Labute approximate surface area is 260 Å². The molecule has 0 aromatic heterocycles. The monoisotopic (exact) mass is 612 g/mol. The van der Waals surface area contributed by atoms with Crippen LogP contribution in [0.2, 0.25) is 0 Å². The number of aliphatic hydroxyl groups is 4. The van der Waals surface area contributed by atoms with E-state index < -0.39 is 18.5 Å². The van der Waals surface area contributed by atoms with Gasteiger partial charge in [0.15, 0.2) is 11.5 Å². The van der Waals surface area contributed by atoms with Gasteiger partial charge in [0.25, 0.3) is 0 Å². The van der Waals surface area contributed by atoms with Crippen LogP contribution < -0.4 is 18.9 Å². The Morgan fingerprint density at radius 3 is 1.49 bits per heavy atom. The second kappa shape index (κ2) is 15.5. The lowest BCUT2D eigenvalue weighted by molar-refractivity contribution is 0.0721. The number of carbonyl (C=O) groups is 2. The fourth-order valence-corrected chi connectivity index (χ4v) is 4.39. The minimum absolute atomic E-state index is 0.0878. The summed E-state index contributed by atoms with van der Waals surface area (Å²) in [6.45, 7) is 0.658. The molecule has 10 heteroatoms. The van der Waals surface area contributed by atoms with Gasteiger partial charge in [-0.05, 0) is 102 Å². The third kappa shape index (κ3) is 8.06. The summed E-state index contributed by atoms with van der Waals surface area (Å²) in [6, 6.07) is 19.0. The standard InChI is InChI=1S/C35H32O10/c1-3-43-33-16-27(21-39)31(17-32(33)42-2)35(41)45-29-12-8-23(9-13-29)5-4-22-6-10-28(11-7-22)44-34(40)30-15-25(19-37)24(18-36)14-26(30)20-38/h6-17,36-39H,3,18-21H2,1-2H3. The van der Waals surface area contributed by atoms with Crippen molar-refractivity contribution in [3.8, 4) is 34.8 Å². The Bertz CT molecular complexity index is 1720. The number of benzene rings is 4. The Hall–Kier alpha value is -5.18. The molecule has 0 spiro atoms. The maximum atomic E-state index is 12.9. The number of ether oxygens (including phenoxy) is 4. The lowest BCUT2D eigenvalue weighted by Gasteiger charge is -2.14. The van der Waals surface area contributed by atoms with Crippen LogP contribution >= 0.6 is 0 Å². The molecule has 0 saturated carbocycles. The Kier molecular flexibility index (Phi) is 11.3. The van der Waals surface area contributed by atoms with Gasteiger partial charge < -0.3 is 39.4 Å². The lowest BCUT2D eigenvalue weighted by atomic mass is 9.99. The molecule has 4 aromatic rings. The van der Waals surface area contributed by atoms with E-state index in [1.807, 2.05) is 6.92 Å². The van der Waals surface area contributed by atoms with Crippen molar-refractivity contribution in [2.24, 2.45) is 0 Å². The molecule has 0 aliphatic rings. The highest BCUT2D eigenvalue weighted by atomic mass is 16.5. The fraction of sp³-hybridized carbons (Fsp3) is 0.200. The van der Waals surface area contributed by atoms with Crippen molar-refractivity contribution in [1.29, 1.82) is 0 Å². The average Bonchev–Trinajstić information content (AvgIpc) is 3.07. The molecule has 232 valence electrons. The molecule has 4 aromatic carbocycles. The van der Waals surface area contributed by atoms with Crippen LogP contribution in [0.1, 0.15) is 61.0 Å². The highest BCUT2D eigenvalue weighted by molar-refractivity contribution is 5.94. The Balaban J connectivity index is 1.41. The third-order valence-corrected chi connectivity index (χ3v) is 6.72. The molecule has 45 heavy (non-hydrogen) atoms. The first-order chi connectivity index (χ1) is 21.8. The van der Waals surface area contributed by atoms with Crippen molar-refractivity contribution in [3.05, 3.63) is 117 Å². The van der Waals surface area contributed by atoms with Crippen LogP contribution in [0.5, 0.6) is 23.0 Å². The van der Waals surface area contributed by atoms with E-state index in [0.717, 1.165) is 0 Å². The molecule has 4 N–H and O–H groups in total. The predicted octanol–water partition coefficient (Wildman–Crippen LogP) is 3.90. The summed E-state index contributed by atoms with van der Waals surface area (Å²) in [5.41, 5.74) is 2.94. The quantitative estimate of drug-likeness (QED) is 0.112. The summed E-state index contributed by atoms with van der Waals surface area (Å²) in [4.78, 5) is 25.6. The van der Waals surface area contributed by atoms with Crippen molar-refractivity contribution in [3.63, 3.8) is 0 Å². The summed E-state index contributed by atoms with van der Waals surface area (Å²) in [7, 11) is 1.46. The zero-order chi connectivity index (χ0) is 32.3. The number of rotatable bonds is 11. The second-order valence-corrected chi connectivity index (χ2v) is 9.58. The number of methoxy groups -OCH3 is 1. The third-order valence-electron chi connectivity index (χ3n) is 6.72. The van der Waals surface area contributed by atoms with Crippen LogP contribution in [0, 0.1) is 11.8 Å². The van der Waals surface area contributed by atoms with Gasteiger partial charge in [0.05, 0.1) is 51.3 Å². The number of hydrogen-bond acceptors (Lipinski definition) is 10. The van der Waals surface area contributed by atoms with E-state index in [9.17, 15) is 30.0 Å². The van der Waals surface area contributed by atoms with Crippen LogP contribution in [0.4, 0.5) is 0 Å². The normalized spacial score (nSPS) is 10.4. The van der Waals surface area contributed by atoms with Crippen LogP contribution in [0.3, 0.4) is 0 Å². The maximum Gasteiger partial charge on any atom is 0.344 e. The molecule has 0 radical (unpaired) electrons. The van der Waals surface area contributed by atoms with E-state index in [1.54, 1.807) is 54.6 Å². The van der Waals surface area contributed by atoms with Crippen molar-refractivity contribution >= 4 is 11.9 Å². The van der Waals surface area contributed by atoms with E-state index in [0.29, 0.717) is 45.9 Å². The molecule has 0 heterocycles. The van der Waals surface area contributed by atoms with Gasteiger partial charge in [-0.3, -0.25) is 0 Å². The Morgan fingerprint density at radius 2 is 1.04 bits per heavy atom. The molecule has 0 bridgehead atoms. The van der Waals surface area contributed by atoms with Crippen molar-refractivity contribution in [1.82, 2.24) is 0 Å². The van der Waals surface area contributed by atoms with Gasteiger partial charge in [0, 0.05) is 11.1 Å². The number of hydrogen-bond donors (Lipinski definition) is 4. The molecule has 0 unspecified atom stereocenters. The molecular weight excluding hydrogens is 580 g/mol. The summed E-state index contributed by atoms with van der Waals surface area (Å²) in [5.74, 6) is 5.95. The van der Waals surface area contributed by atoms with Crippen LogP contribution in [0.25, 0.3) is 0 Å². The summed E-state index contributed by atoms with van der Waals surface area (Å²) in [5, 5.41) is 38.4. The van der Waals surface area contributed by atoms with Gasteiger partial charge in [0.2, 0.25) is 0 Å². The maximum absolute atomic E-state index is 12.9. The van der Waals surface area contributed by atoms with E-state index in [-0.39, 0.29) is 48.0 Å². The van der Waals surface area contributed by atoms with Gasteiger partial charge >= 0.3 is 11.9 Å². The van der Waals surface area contributed by atoms with Crippen molar-refractivity contribution < 1.29 is 49.0 Å². The topological polar surface area (TPSA) is 152 Å². The second-order valence-electron chi connectivity index (χ2n) is 9.58. The van der Waals surface area contributed by atoms with Gasteiger partial charge in [-0.25, -0.2) is 9.59 Å². The van der Waals surface area contributed by atoms with Gasteiger partial charge in [-0.15, -0.1) is 0 Å². The summed E-state index contributed by atoms with van der Waals surface area (Å²) >= 11 is 0. The molecule has 0 saturated heterocycles. The first kappa shape index (κ1) is 32.7. The number of aliphatic hydroxyl groups excluding tert-OH is 4. The molecule has 4 rings (SSSR count). The summed E-state index contributed by atoms with van der Waals surface area (Å²) < 4.78 is 21.8. The van der Waals surface area contributed by atoms with E-state index in [1.165, 1.54) is 25.3 Å². The molecular formula is C35H32O10. The number of esters is 2. The molecule has 0 aliphatic heterocycles. The lowest BCUT2D eigenvalue weighted by Crippen LogP contribution is -2.13. The fourth-order valence-electron chi connectivity index (χ4n) is 4.39. The molecule has 0 atom stereocenters. The largest absolute Gasteiger partial charge is 0.493 e. The van der Waals surface area contributed by atoms with Gasteiger partial charge in [-0.1, -0.05) is 11.8 Å². The molecule has 0 fully saturated rings. The molecule has 0 aliphatic carbocycles.